The number of hydrogen-bond donors (Lipinski definition) is 0. The fourth-order valence-electron chi connectivity index (χ4n) is 2.74. The normalized spacial score (nSPS) is 10.3. The van der Waals surface area contributed by atoms with Crippen LogP contribution in [0.25, 0.3) is 0 Å². The fourth-order valence-corrected chi connectivity index (χ4v) is 2.74. The van der Waals surface area contributed by atoms with Crippen LogP contribution >= 0.6 is 0 Å². The predicted octanol–water partition coefficient (Wildman–Crippen LogP) is 3.57. The molecule has 0 fully saturated rings. The molecule has 6 nitrogen and oxygen atoms in total. The standard InChI is InChI=1S/C20H23NO5/c1-12-8-14(10-18(24-3)20(12)26-5)16(22)6-7-17(23)15-9-13(2)21-19(11-15)25-4/h8-11H,6-7H2,1-5H3. The summed E-state index contributed by atoms with van der Waals surface area (Å²) in [6.45, 7) is 3.63. The second kappa shape index (κ2) is 8.47. The minimum Gasteiger partial charge on any atom is -0.493 e. The van der Waals surface area contributed by atoms with E-state index in [1.54, 1.807) is 38.3 Å². The molecule has 1 heterocycles. The molecule has 0 saturated carbocycles. The highest BCUT2D eigenvalue weighted by Crippen LogP contribution is 2.32. The summed E-state index contributed by atoms with van der Waals surface area (Å²) in [7, 11) is 4.57. The average molecular weight is 357 g/mol. The number of carbonyl (C=O) groups is 2. The lowest BCUT2D eigenvalue weighted by molar-refractivity contribution is 0.0917. The zero-order valence-electron chi connectivity index (χ0n) is 15.7. The molecule has 0 atom stereocenters. The van der Waals surface area contributed by atoms with Crippen LogP contribution in [0.15, 0.2) is 24.3 Å². The second-order valence-corrected chi connectivity index (χ2v) is 5.91. The van der Waals surface area contributed by atoms with Crippen LogP contribution in [-0.2, 0) is 0 Å². The van der Waals surface area contributed by atoms with E-state index in [2.05, 4.69) is 4.98 Å². The Morgan fingerprint density at radius 3 is 2.00 bits per heavy atom. The first-order chi connectivity index (χ1) is 12.4. The van der Waals surface area contributed by atoms with Crippen molar-refractivity contribution in [3.8, 4) is 17.4 Å². The van der Waals surface area contributed by atoms with E-state index in [4.69, 9.17) is 14.2 Å². The van der Waals surface area contributed by atoms with E-state index < -0.39 is 0 Å². The first kappa shape index (κ1) is 19.4. The molecule has 0 saturated heterocycles. The second-order valence-electron chi connectivity index (χ2n) is 5.91. The van der Waals surface area contributed by atoms with E-state index in [0.717, 1.165) is 5.56 Å². The summed E-state index contributed by atoms with van der Waals surface area (Å²) in [5.74, 6) is 1.23. The van der Waals surface area contributed by atoms with Crippen LogP contribution in [0.1, 0.15) is 44.8 Å². The third-order valence-electron chi connectivity index (χ3n) is 4.03. The highest BCUT2D eigenvalue weighted by atomic mass is 16.5. The van der Waals surface area contributed by atoms with Gasteiger partial charge in [-0.3, -0.25) is 9.59 Å². The molecular formula is C20H23NO5. The van der Waals surface area contributed by atoms with Gasteiger partial charge in [-0.1, -0.05) is 0 Å². The summed E-state index contributed by atoms with van der Waals surface area (Å²) in [6, 6.07) is 6.66. The van der Waals surface area contributed by atoms with Crippen LogP contribution in [0.5, 0.6) is 17.4 Å². The third-order valence-corrected chi connectivity index (χ3v) is 4.03. The van der Waals surface area contributed by atoms with Gasteiger partial charge in [-0.15, -0.1) is 0 Å². The number of methoxy groups -OCH3 is 3. The molecule has 0 spiro atoms. The Kier molecular flexibility index (Phi) is 6.33. The number of pyridine rings is 1. The number of carbonyl (C=O) groups excluding carboxylic acids is 2. The van der Waals surface area contributed by atoms with Gasteiger partial charge in [0.1, 0.15) is 0 Å². The molecule has 138 valence electrons. The van der Waals surface area contributed by atoms with Gasteiger partial charge in [-0.2, -0.15) is 0 Å². The van der Waals surface area contributed by atoms with Crippen molar-refractivity contribution < 1.29 is 23.8 Å². The number of nitrogens with zero attached hydrogens (tertiary/aromatic N) is 1. The zero-order chi connectivity index (χ0) is 19.3. The van der Waals surface area contributed by atoms with Crippen molar-refractivity contribution in [1.29, 1.82) is 0 Å². The molecule has 6 heteroatoms. The van der Waals surface area contributed by atoms with E-state index in [0.29, 0.717) is 34.2 Å². The fraction of sp³-hybridized carbons (Fsp3) is 0.350. The minimum atomic E-state index is -0.126. The molecule has 0 amide bonds. The van der Waals surface area contributed by atoms with Crippen LogP contribution in [0.2, 0.25) is 0 Å². The number of ketones is 2. The van der Waals surface area contributed by atoms with Crippen molar-refractivity contribution in [3.05, 3.63) is 46.6 Å². The minimum absolute atomic E-state index is 0.109. The van der Waals surface area contributed by atoms with Gasteiger partial charge < -0.3 is 14.2 Å². The lowest BCUT2D eigenvalue weighted by Crippen LogP contribution is -2.07. The van der Waals surface area contributed by atoms with Crippen molar-refractivity contribution in [3.63, 3.8) is 0 Å². The SMILES string of the molecule is COc1cc(C(=O)CCC(=O)c2cc(C)c(OC)c(OC)c2)cc(C)n1. The Morgan fingerprint density at radius 1 is 0.846 bits per heavy atom. The molecular weight excluding hydrogens is 334 g/mol. The summed E-state index contributed by atoms with van der Waals surface area (Å²) < 4.78 is 15.6. The molecule has 0 radical (unpaired) electrons. The van der Waals surface area contributed by atoms with E-state index in [1.165, 1.54) is 14.2 Å². The molecule has 1 aromatic heterocycles. The van der Waals surface area contributed by atoms with Crippen LogP contribution in [0, 0.1) is 13.8 Å². The lowest BCUT2D eigenvalue weighted by Gasteiger charge is -2.12. The highest BCUT2D eigenvalue weighted by Gasteiger charge is 2.16. The number of aromatic nitrogens is 1. The summed E-state index contributed by atoms with van der Waals surface area (Å²) in [6.07, 6.45) is 0.219. The number of aryl methyl sites for hydroxylation is 2. The summed E-state index contributed by atoms with van der Waals surface area (Å²) in [5, 5.41) is 0. The molecule has 0 unspecified atom stereocenters. The van der Waals surface area contributed by atoms with Crippen molar-refractivity contribution in [2.45, 2.75) is 26.7 Å². The van der Waals surface area contributed by atoms with Gasteiger partial charge in [0.15, 0.2) is 23.1 Å². The van der Waals surface area contributed by atoms with E-state index in [1.807, 2.05) is 6.92 Å². The van der Waals surface area contributed by atoms with Gasteiger partial charge in [0.2, 0.25) is 5.88 Å². The molecule has 1 aromatic carbocycles. The Hall–Kier alpha value is -2.89. The maximum atomic E-state index is 12.5. The molecule has 0 aliphatic rings. The molecule has 26 heavy (non-hydrogen) atoms. The van der Waals surface area contributed by atoms with Crippen molar-refractivity contribution in [2.75, 3.05) is 21.3 Å². The maximum Gasteiger partial charge on any atom is 0.213 e. The number of rotatable bonds is 8. The highest BCUT2D eigenvalue weighted by molar-refractivity contribution is 6.02. The van der Waals surface area contributed by atoms with Crippen LogP contribution in [0.3, 0.4) is 0 Å². The summed E-state index contributed by atoms with van der Waals surface area (Å²) in [4.78, 5) is 29.1. The lowest BCUT2D eigenvalue weighted by atomic mass is 10.00. The van der Waals surface area contributed by atoms with Crippen molar-refractivity contribution >= 4 is 11.6 Å². The average Bonchev–Trinajstić information content (AvgIpc) is 2.64. The predicted molar refractivity (Wildman–Crippen MR) is 97.7 cm³/mol. The zero-order valence-corrected chi connectivity index (χ0v) is 15.7. The number of ether oxygens (including phenoxy) is 3. The number of hydrogen-bond acceptors (Lipinski definition) is 6. The third kappa shape index (κ3) is 4.39. The van der Waals surface area contributed by atoms with E-state index in [9.17, 15) is 9.59 Å². The van der Waals surface area contributed by atoms with Gasteiger partial charge in [0, 0.05) is 35.7 Å². The topological polar surface area (TPSA) is 74.7 Å². The largest absolute Gasteiger partial charge is 0.493 e. The first-order valence-corrected chi connectivity index (χ1v) is 8.21. The van der Waals surface area contributed by atoms with Gasteiger partial charge >= 0.3 is 0 Å². The molecule has 0 aliphatic heterocycles. The number of benzene rings is 1. The Balaban J connectivity index is 2.12. The monoisotopic (exact) mass is 357 g/mol. The first-order valence-electron chi connectivity index (χ1n) is 8.21. The molecule has 0 N–H and O–H groups in total. The van der Waals surface area contributed by atoms with Crippen LogP contribution in [-0.4, -0.2) is 37.9 Å². The van der Waals surface area contributed by atoms with E-state index in [-0.39, 0.29) is 24.4 Å². The maximum absolute atomic E-state index is 12.5. The van der Waals surface area contributed by atoms with Gasteiger partial charge in [-0.05, 0) is 37.6 Å². The van der Waals surface area contributed by atoms with Gasteiger partial charge in [0.25, 0.3) is 0 Å². The van der Waals surface area contributed by atoms with Crippen molar-refractivity contribution in [2.24, 2.45) is 0 Å². The number of Topliss-reactive ketones (excluding diaryl/α,β-unsaturated/α-hetero) is 2. The smallest absolute Gasteiger partial charge is 0.213 e. The summed E-state index contributed by atoms with van der Waals surface area (Å²) >= 11 is 0. The summed E-state index contributed by atoms with van der Waals surface area (Å²) in [5.41, 5.74) is 2.48. The Morgan fingerprint density at radius 2 is 1.46 bits per heavy atom. The molecule has 0 bridgehead atoms. The van der Waals surface area contributed by atoms with Crippen molar-refractivity contribution in [1.82, 2.24) is 4.98 Å². The molecule has 2 rings (SSSR count). The van der Waals surface area contributed by atoms with E-state index >= 15 is 0 Å². The quantitative estimate of drug-likeness (QED) is 0.672. The van der Waals surface area contributed by atoms with Crippen LogP contribution in [0.4, 0.5) is 0 Å². The Labute approximate surface area is 153 Å². The molecule has 2 aromatic rings. The molecule has 0 aliphatic carbocycles. The van der Waals surface area contributed by atoms with Crippen LogP contribution < -0.4 is 14.2 Å². The van der Waals surface area contributed by atoms with Gasteiger partial charge in [0.05, 0.1) is 21.3 Å². The Bertz CT molecular complexity index is 829. The van der Waals surface area contributed by atoms with Gasteiger partial charge in [-0.25, -0.2) is 4.98 Å².